The van der Waals surface area contributed by atoms with E-state index in [1.165, 1.54) is 43.6 Å². The van der Waals surface area contributed by atoms with E-state index >= 15 is 0 Å². The number of aromatic nitrogens is 1. The van der Waals surface area contributed by atoms with Crippen molar-refractivity contribution in [3.8, 4) is 0 Å². The molecule has 1 N–H and O–H groups in total. The Morgan fingerprint density at radius 2 is 2.14 bits per heavy atom. The first kappa shape index (κ1) is 16.2. The number of hydrogen-bond acceptors (Lipinski definition) is 4. The smallest absolute Gasteiger partial charge is 0.0595 e. The summed E-state index contributed by atoms with van der Waals surface area (Å²) >= 11 is 0. The molecule has 0 saturated carbocycles. The van der Waals surface area contributed by atoms with Crippen LogP contribution in [0.2, 0.25) is 0 Å². The monoisotopic (exact) mass is 290 g/mol. The summed E-state index contributed by atoms with van der Waals surface area (Å²) < 4.78 is 0. The van der Waals surface area contributed by atoms with Gasteiger partial charge >= 0.3 is 0 Å². The summed E-state index contributed by atoms with van der Waals surface area (Å²) in [6, 6.07) is 2.14. The lowest BCUT2D eigenvalue weighted by atomic mass is 9.96. The maximum Gasteiger partial charge on any atom is 0.0595 e. The average Bonchev–Trinajstić information content (AvgIpc) is 2.50. The number of nitrogens with zero attached hydrogens (tertiary/aromatic N) is 3. The van der Waals surface area contributed by atoms with E-state index in [9.17, 15) is 0 Å². The second-order valence-electron chi connectivity index (χ2n) is 6.31. The molecule has 0 unspecified atom stereocenters. The van der Waals surface area contributed by atoms with Crippen LogP contribution in [0.25, 0.3) is 0 Å². The molecule has 1 saturated heterocycles. The zero-order valence-electron chi connectivity index (χ0n) is 13.8. The summed E-state index contributed by atoms with van der Waals surface area (Å²) in [6.45, 7) is 7.81. The SMILES string of the molecule is CCCNCc1ccncc1N(C)CC1CCN(C)CC1. The van der Waals surface area contributed by atoms with Gasteiger partial charge in [0, 0.05) is 26.3 Å². The largest absolute Gasteiger partial charge is 0.373 e. The Morgan fingerprint density at radius 1 is 1.38 bits per heavy atom. The van der Waals surface area contributed by atoms with Crippen LogP contribution in [-0.4, -0.2) is 50.2 Å². The number of anilines is 1. The minimum atomic E-state index is 0.808. The highest BCUT2D eigenvalue weighted by atomic mass is 15.1. The van der Waals surface area contributed by atoms with Crippen LogP contribution in [0.4, 0.5) is 5.69 Å². The lowest BCUT2D eigenvalue weighted by Crippen LogP contribution is -2.36. The lowest BCUT2D eigenvalue weighted by molar-refractivity contribution is 0.222. The number of likely N-dealkylation sites (tertiary alicyclic amines) is 1. The van der Waals surface area contributed by atoms with Gasteiger partial charge in [-0.3, -0.25) is 4.98 Å². The van der Waals surface area contributed by atoms with E-state index in [1.807, 2.05) is 12.4 Å². The maximum atomic E-state index is 4.32. The van der Waals surface area contributed by atoms with Crippen molar-refractivity contribution in [1.82, 2.24) is 15.2 Å². The molecule has 0 spiro atoms. The van der Waals surface area contributed by atoms with Crippen molar-refractivity contribution in [3.05, 3.63) is 24.0 Å². The summed E-state index contributed by atoms with van der Waals surface area (Å²) in [5, 5.41) is 3.49. The van der Waals surface area contributed by atoms with Crippen LogP contribution in [0, 0.1) is 5.92 Å². The highest BCUT2D eigenvalue weighted by Gasteiger charge is 2.19. The van der Waals surface area contributed by atoms with Gasteiger partial charge in [0.25, 0.3) is 0 Å². The van der Waals surface area contributed by atoms with Gasteiger partial charge in [-0.2, -0.15) is 0 Å². The van der Waals surface area contributed by atoms with Crippen LogP contribution in [0.1, 0.15) is 31.7 Å². The normalized spacial score (nSPS) is 17.1. The second-order valence-corrected chi connectivity index (χ2v) is 6.31. The second kappa shape index (κ2) is 8.35. The molecule has 1 aliphatic rings. The molecule has 1 aromatic rings. The number of piperidine rings is 1. The van der Waals surface area contributed by atoms with Gasteiger partial charge in [-0.15, -0.1) is 0 Å². The molecule has 2 heterocycles. The summed E-state index contributed by atoms with van der Waals surface area (Å²) in [4.78, 5) is 9.15. The summed E-state index contributed by atoms with van der Waals surface area (Å²) in [5.41, 5.74) is 2.63. The maximum absolute atomic E-state index is 4.32. The van der Waals surface area contributed by atoms with Crippen molar-refractivity contribution < 1.29 is 0 Å². The van der Waals surface area contributed by atoms with Gasteiger partial charge in [0.1, 0.15) is 0 Å². The highest BCUT2D eigenvalue weighted by molar-refractivity contribution is 5.51. The molecule has 4 nitrogen and oxygen atoms in total. The predicted molar refractivity (Wildman–Crippen MR) is 89.7 cm³/mol. The fourth-order valence-corrected chi connectivity index (χ4v) is 3.04. The molecule has 0 bridgehead atoms. The summed E-state index contributed by atoms with van der Waals surface area (Å²) in [6.07, 6.45) is 7.70. The molecule has 1 fully saturated rings. The third-order valence-electron chi connectivity index (χ3n) is 4.41. The van der Waals surface area contributed by atoms with Crippen LogP contribution in [-0.2, 0) is 6.54 Å². The van der Waals surface area contributed by atoms with Gasteiger partial charge in [0.15, 0.2) is 0 Å². The molecule has 0 atom stereocenters. The topological polar surface area (TPSA) is 31.4 Å². The molecular formula is C17H30N4. The Morgan fingerprint density at radius 3 is 2.86 bits per heavy atom. The van der Waals surface area contributed by atoms with Crippen molar-refractivity contribution >= 4 is 5.69 Å². The van der Waals surface area contributed by atoms with Crippen molar-refractivity contribution in [2.45, 2.75) is 32.7 Å². The Bertz CT molecular complexity index is 413. The van der Waals surface area contributed by atoms with Gasteiger partial charge in [-0.1, -0.05) is 6.92 Å². The molecule has 1 aromatic heterocycles. The Kier molecular flexibility index (Phi) is 6.46. The minimum absolute atomic E-state index is 0.808. The average molecular weight is 290 g/mol. The molecule has 1 aliphatic heterocycles. The molecule has 4 heteroatoms. The third kappa shape index (κ3) is 4.97. The molecule has 2 rings (SSSR count). The summed E-state index contributed by atoms with van der Waals surface area (Å²) in [5.74, 6) is 0.808. The number of nitrogens with one attached hydrogen (secondary N) is 1. The Hall–Kier alpha value is -1.13. The van der Waals surface area contributed by atoms with Gasteiger partial charge in [-0.25, -0.2) is 0 Å². The van der Waals surface area contributed by atoms with Crippen molar-refractivity contribution in [1.29, 1.82) is 0 Å². The Labute approximate surface area is 129 Å². The van der Waals surface area contributed by atoms with E-state index in [-0.39, 0.29) is 0 Å². The van der Waals surface area contributed by atoms with Crippen LogP contribution < -0.4 is 10.2 Å². The van der Waals surface area contributed by atoms with Crippen LogP contribution in [0.3, 0.4) is 0 Å². The predicted octanol–water partition coefficient (Wildman–Crippen LogP) is 2.36. The minimum Gasteiger partial charge on any atom is -0.373 e. The molecule has 118 valence electrons. The van der Waals surface area contributed by atoms with Crippen molar-refractivity contribution in [2.24, 2.45) is 5.92 Å². The van der Waals surface area contributed by atoms with Crippen LogP contribution in [0.5, 0.6) is 0 Å². The van der Waals surface area contributed by atoms with Crippen molar-refractivity contribution in [2.75, 3.05) is 45.2 Å². The first-order valence-corrected chi connectivity index (χ1v) is 8.24. The highest BCUT2D eigenvalue weighted by Crippen LogP contribution is 2.22. The van der Waals surface area contributed by atoms with E-state index < -0.39 is 0 Å². The van der Waals surface area contributed by atoms with Gasteiger partial charge < -0.3 is 15.1 Å². The number of pyridine rings is 1. The zero-order valence-corrected chi connectivity index (χ0v) is 13.8. The van der Waals surface area contributed by atoms with E-state index in [1.54, 1.807) is 0 Å². The van der Waals surface area contributed by atoms with E-state index in [0.717, 1.165) is 25.6 Å². The molecular weight excluding hydrogens is 260 g/mol. The number of hydrogen-bond donors (Lipinski definition) is 1. The lowest BCUT2D eigenvalue weighted by Gasteiger charge is -2.33. The standard InChI is InChI=1S/C17H30N4/c1-4-8-18-12-16-5-9-19-13-17(16)21(3)14-15-6-10-20(2)11-7-15/h5,9,13,15,18H,4,6-8,10-12,14H2,1-3H3. The zero-order chi connectivity index (χ0) is 15.1. The Balaban J connectivity index is 1.93. The molecule has 0 aliphatic carbocycles. The fourth-order valence-electron chi connectivity index (χ4n) is 3.04. The van der Waals surface area contributed by atoms with Gasteiger partial charge in [-0.05, 0) is 63.5 Å². The van der Waals surface area contributed by atoms with Crippen molar-refractivity contribution in [3.63, 3.8) is 0 Å². The molecule has 0 aromatic carbocycles. The fraction of sp³-hybridized carbons (Fsp3) is 0.706. The third-order valence-corrected chi connectivity index (χ3v) is 4.41. The van der Waals surface area contributed by atoms with E-state index in [2.05, 4.69) is 47.2 Å². The van der Waals surface area contributed by atoms with E-state index in [4.69, 9.17) is 0 Å². The summed E-state index contributed by atoms with van der Waals surface area (Å²) in [7, 11) is 4.43. The first-order chi connectivity index (χ1) is 10.2. The molecule has 0 radical (unpaired) electrons. The van der Waals surface area contributed by atoms with Gasteiger partial charge in [0.2, 0.25) is 0 Å². The quantitative estimate of drug-likeness (QED) is 0.781. The van der Waals surface area contributed by atoms with Crippen LogP contribution in [0.15, 0.2) is 18.5 Å². The van der Waals surface area contributed by atoms with Gasteiger partial charge in [0.05, 0.1) is 11.9 Å². The number of rotatable bonds is 7. The van der Waals surface area contributed by atoms with Crippen LogP contribution >= 0.6 is 0 Å². The first-order valence-electron chi connectivity index (χ1n) is 8.24. The molecule has 21 heavy (non-hydrogen) atoms. The van der Waals surface area contributed by atoms with E-state index in [0.29, 0.717) is 0 Å². The molecule has 0 amide bonds.